The van der Waals surface area contributed by atoms with E-state index >= 15 is 0 Å². The first-order chi connectivity index (χ1) is 13.7. The molecule has 2 aliphatic heterocycles. The summed E-state index contributed by atoms with van der Waals surface area (Å²) in [5.41, 5.74) is 5.06. The molecule has 0 radical (unpaired) electrons. The molecule has 1 N–H and O–H groups in total. The molecule has 6 aliphatic rings. The molecule has 5 fully saturated rings. The minimum Gasteiger partial charge on any atom is -0.328 e. The number of carbonyl (C=O) groups excluding carboxylic acids is 1. The van der Waals surface area contributed by atoms with Crippen LogP contribution in [0.5, 0.6) is 0 Å². The summed E-state index contributed by atoms with van der Waals surface area (Å²) in [5.74, 6) is 3.69. The third kappa shape index (κ3) is 2.62. The van der Waals surface area contributed by atoms with Crippen LogP contribution in [0.4, 0.5) is 5.69 Å². The predicted octanol–water partition coefficient (Wildman–Crippen LogP) is 4.13. The monoisotopic (exact) mass is 376 g/mol. The van der Waals surface area contributed by atoms with Crippen molar-refractivity contribution in [3.05, 3.63) is 29.8 Å². The van der Waals surface area contributed by atoms with Crippen LogP contribution in [0.3, 0.4) is 0 Å². The molecule has 4 saturated carbocycles. The molecule has 146 valence electrons. The Morgan fingerprint density at radius 1 is 1.11 bits per heavy atom. The lowest BCUT2D eigenvalue weighted by atomic mass is 9.50. The van der Waals surface area contributed by atoms with Gasteiger partial charge in [-0.25, -0.2) is 4.99 Å². The van der Waals surface area contributed by atoms with E-state index in [1.54, 1.807) is 0 Å². The molecule has 1 aromatic rings. The number of hydrazone groups is 1. The van der Waals surface area contributed by atoms with Gasteiger partial charge >= 0.3 is 0 Å². The lowest BCUT2D eigenvalue weighted by Crippen LogP contribution is -2.47. The van der Waals surface area contributed by atoms with Crippen LogP contribution in [0, 0.1) is 23.2 Å². The molecule has 5 nitrogen and oxygen atoms in total. The number of amidine groups is 1. The van der Waals surface area contributed by atoms with Gasteiger partial charge in [0.1, 0.15) is 5.84 Å². The lowest BCUT2D eigenvalue weighted by Gasteiger charge is -2.55. The Balaban J connectivity index is 1.27. The van der Waals surface area contributed by atoms with E-state index in [0.29, 0.717) is 11.0 Å². The van der Waals surface area contributed by atoms with Gasteiger partial charge < -0.3 is 4.90 Å². The minimum absolute atomic E-state index is 0.0217. The number of carbonyl (C=O) groups is 1. The molecule has 0 spiro atoms. The van der Waals surface area contributed by atoms with Gasteiger partial charge in [0, 0.05) is 18.2 Å². The van der Waals surface area contributed by atoms with Crippen molar-refractivity contribution in [1.82, 2.24) is 10.3 Å². The fourth-order valence-corrected chi connectivity index (χ4v) is 7.08. The van der Waals surface area contributed by atoms with E-state index < -0.39 is 0 Å². The lowest BCUT2D eigenvalue weighted by molar-refractivity contribution is -0.00976. The number of para-hydroxylation sites is 1. The van der Waals surface area contributed by atoms with Gasteiger partial charge in [-0.3, -0.25) is 10.2 Å². The highest BCUT2D eigenvalue weighted by molar-refractivity contribution is 6.06. The van der Waals surface area contributed by atoms with Crippen molar-refractivity contribution in [2.45, 2.75) is 57.4 Å². The van der Waals surface area contributed by atoms with Crippen molar-refractivity contribution in [2.75, 3.05) is 6.54 Å². The second-order valence-electron chi connectivity index (χ2n) is 9.82. The molecule has 0 aromatic heterocycles. The van der Waals surface area contributed by atoms with Crippen LogP contribution in [0.15, 0.2) is 34.4 Å². The molecule has 5 heteroatoms. The third-order valence-electron chi connectivity index (χ3n) is 7.81. The van der Waals surface area contributed by atoms with Crippen LogP contribution in [-0.2, 0) is 0 Å². The van der Waals surface area contributed by atoms with Crippen LogP contribution in [0.1, 0.15) is 61.7 Å². The molecule has 1 atom stereocenters. The third-order valence-corrected chi connectivity index (χ3v) is 7.81. The number of nitrogens with zero attached hydrogens (tertiary/aromatic N) is 3. The highest BCUT2D eigenvalue weighted by Crippen LogP contribution is 2.59. The Morgan fingerprint density at radius 3 is 2.57 bits per heavy atom. The number of nitrogens with one attached hydrogen (secondary N) is 1. The van der Waals surface area contributed by atoms with Crippen molar-refractivity contribution in [3.63, 3.8) is 0 Å². The summed E-state index contributed by atoms with van der Waals surface area (Å²) in [4.78, 5) is 19.8. The van der Waals surface area contributed by atoms with E-state index in [1.807, 2.05) is 29.2 Å². The topological polar surface area (TPSA) is 57.1 Å². The Bertz CT molecular complexity index is 838. The summed E-state index contributed by atoms with van der Waals surface area (Å²) in [6.45, 7) is 0.803. The van der Waals surface area contributed by atoms with Gasteiger partial charge in [0.15, 0.2) is 0 Å². The summed E-state index contributed by atoms with van der Waals surface area (Å²) in [6.07, 6.45) is 12.5. The first-order valence-corrected chi connectivity index (χ1v) is 11.0. The summed E-state index contributed by atoms with van der Waals surface area (Å²) < 4.78 is 0. The van der Waals surface area contributed by atoms with Gasteiger partial charge in [0.05, 0.1) is 17.3 Å². The number of hydrogen-bond acceptors (Lipinski definition) is 4. The van der Waals surface area contributed by atoms with Gasteiger partial charge in [0.25, 0.3) is 5.91 Å². The number of hydrogen-bond donors (Lipinski definition) is 1. The van der Waals surface area contributed by atoms with Crippen molar-refractivity contribution in [1.29, 1.82) is 0 Å². The van der Waals surface area contributed by atoms with Crippen molar-refractivity contribution in [2.24, 2.45) is 33.3 Å². The van der Waals surface area contributed by atoms with E-state index in [-0.39, 0.29) is 11.9 Å². The van der Waals surface area contributed by atoms with Gasteiger partial charge in [-0.1, -0.05) is 12.1 Å². The fourth-order valence-electron chi connectivity index (χ4n) is 7.08. The molecule has 4 bridgehead atoms. The van der Waals surface area contributed by atoms with E-state index in [9.17, 15) is 4.79 Å². The van der Waals surface area contributed by atoms with E-state index in [1.165, 1.54) is 38.5 Å². The molecule has 2 heterocycles. The van der Waals surface area contributed by atoms with Crippen LogP contribution in [-0.4, -0.2) is 35.4 Å². The van der Waals surface area contributed by atoms with Gasteiger partial charge in [0.2, 0.25) is 0 Å². The molecule has 7 rings (SSSR count). The van der Waals surface area contributed by atoms with Gasteiger partial charge in [-0.2, -0.15) is 5.10 Å². The van der Waals surface area contributed by atoms with Crippen LogP contribution in [0.25, 0.3) is 0 Å². The first-order valence-electron chi connectivity index (χ1n) is 11.0. The molecule has 1 saturated heterocycles. The minimum atomic E-state index is 0.0217. The van der Waals surface area contributed by atoms with Gasteiger partial charge in [-0.15, -0.1) is 0 Å². The fraction of sp³-hybridized carbons (Fsp3) is 0.609. The van der Waals surface area contributed by atoms with Crippen molar-refractivity contribution >= 4 is 23.6 Å². The molecule has 1 aromatic carbocycles. The maximum atomic E-state index is 13.0. The quantitative estimate of drug-likeness (QED) is 0.623. The Hall–Kier alpha value is -2.17. The Labute approximate surface area is 166 Å². The maximum Gasteiger partial charge on any atom is 0.256 e. The summed E-state index contributed by atoms with van der Waals surface area (Å²) >= 11 is 0. The summed E-state index contributed by atoms with van der Waals surface area (Å²) in [6, 6.07) is 7.70. The van der Waals surface area contributed by atoms with Crippen LogP contribution < -0.4 is 5.43 Å². The number of amides is 1. The van der Waals surface area contributed by atoms with E-state index in [2.05, 4.69) is 11.6 Å². The molecular weight excluding hydrogens is 348 g/mol. The second-order valence-corrected chi connectivity index (χ2v) is 9.82. The zero-order chi connectivity index (χ0) is 18.7. The summed E-state index contributed by atoms with van der Waals surface area (Å²) in [5, 5.41) is 4.74. The number of fused-ring (bicyclic) bond motifs is 2. The SMILES string of the molecule is O=C1c2ccccc2N=C(N/N=C/C23CC4CC(CC(C4)C2)C3)[C@@H]2CCCN12. The molecule has 28 heavy (non-hydrogen) atoms. The van der Waals surface area contributed by atoms with E-state index in [0.717, 1.165) is 48.7 Å². The van der Waals surface area contributed by atoms with E-state index in [4.69, 9.17) is 10.1 Å². The average molecular weight is 377 g/mol. The van der Waals surface area contributed by atoms with Crippen molar-refractivity contribution in [3.8, 4) is 0 Å². The van der Waals surface area contributed by atoms with Crippen LogP contribution >= 0.6 is 0 Å². The Morgan fingerprint density at radius 2 is 1.82 bits per heavy atom. The first kappa shape index (κ1) is 16.8. The predicted molar refractivity (Wildman–Crippen MR) is 110 cm³/mol. The number of rotatable bonds is 2. The average Bonchev–Trinajstić information content (AvgIpc) is 3.12. The smallest absolute Gasteiger partial charge is 0.256 e. The largest absolute Gasteiger partial charge is 0.328 e. The van der Waals surface area contributed by atoms with Crippen LogP contribution in [0.2, 0.25) is 0 Å². The number of aliphatic imine (C=N–C) groups is 1. The zero-order valence-electron chi connectivity index (χ0n) is 16.3. The standard InChI is InChI=1S/C23H28N4O/c28-22-18-4-1-2-5-19(18)25-21(20-6-3-7-27(20)22)26-24-14-23-11-15-8-16(12-23)10-17(9-15)13-23/h1-2,4-5,14-17,20H,3,6-13H2,(H,25,26)/b24-14+/t15?,16?,17?,20-,23?/m0/s1. The molecular formula is C23H28N4O. The molecule has 4 aliphatic carbocycles. The molecule has 1 amide bonds. The second kappa shape index (κ2) is 6.16. The van der Waals surface area contributed by atoms with Crippen molar-refractivity contribution < 1.29 is 4.79 Å². The van der Waals surface area contributed by atoms with Gasteiger partial charge in [-0.05, 0) is 81.3 Å². The maximum absolute atomic E-state index is 13.0. The number of benzene rings is 1. The zero-order valence-corrected chi connectivity index (χ0v) is 16.3. The summed E-state index contributed by atoms with van der Waals surface area (Å²) in [7, 11) is 0. The highest BCUT2D eigenvalue weighted by Gasteiger charge is 2.50. The normalized spacial score (nSPS) is 38.4. The highest BCUT2D eigenvalue weighted by atomic mass is 16.2. The molecule has 0 unspecified atom stereocenters. The Kier molecular flexibility index (Phi) is 3.69.